The van der Waals surface area contributed by atoms with Crippen LogP contribution >= 0.6 is 12.2 Å². The monoisotopic (exact) mass is 588 g/mol. The number of amides is 1. The van der Waals surface area contributed by atoms with Crippen LogP contribution in [-0.2, 0) is 16.9 Å². The standard InChI is InChI=1S/C31H30F2N6O2S/c1-39(31(14-6-15-31)28-25(33)9-5-16-34-28)27-13-12-26(37-38-27)22-10-11-24(32)23(19-22)29(42)35-17-18-36-30(40)41-20-21-7-3-2-4-8-21/h2-5,7-13,16,19H,6,14-15,17-18,20H2,1H3,(H,35,42)(H,36,40). The third-order valence-electron chi connectivity index (χ3n) is 7.42. The van der Waals surface area contributed by atoms with Gasteiger partial charge in [0.15, 0.2) is 5.82 Å². The van der Waals surface area contributed by atoms with Gasteiger partial charge in [-0.25, -0.2) is 13.6 Å². The first-order valence-corrected chi connectivity index (χ1v) is 14.0. The van der Waals surface area contributed by atoms with Gasteiger partial charge in [0, 0.05) is 37.5 Å². The molecule has 1 aliphatic carbocycles. The van der Waals surface area contributed by atoms with Gasteiger partial charge in [-0.3, -0.25) is 4.98 Å². The third-order valence-corrected chi connectivity index (χ3v) is 7.78. The van der Waals surface area contributed by atoms with Crippen LogP contribution in [0.4, 0.5) is 19.4 Å². The summed E-state index contributed by atoms with van der Waals surface area (Å²) in [5.74, 6) is -0.242. The van der Waals surface area contributed by atoms with Gasteiger partial charge in [-0.05, 0) is 67.3 Å². The molecule has 216 valence electrons. The highest BCUT2D eigenvalue weighted by molar-refractivity contribution is 7.80. The Bertz CT molecular complexity index is 1550. The van der Waals surface area contributed by atoms with E-state index < -0.39 is 17.4 Å². The molecule has 0 atom stereocenters. The predicted octanol–water partition coefficient (Wildman–Crippen LogP) is 5.52. The summed E-state index contributed by atoms with van der Waals surface area (Å²) in [6.07, 6.45) is 3.53. The maximum Gasteiger partial charge on any atom is 0.407 e. The maximum absolute atomic E-state index is 14.7. The summed E-state index contributed by atoms with van der Waals surface area (Å²) in [5, 5.41) is 14.4. The molecular weight excluding hydrogens is 558 g/mol. The molecule has 0 spiro atoms. The Labute approximate surface area is 248 Å². The Hall–Kier alpha value is -4.51. The van der Waals surface area contributed by atoms with E-state index >= 15 is 0 Å². The molecule has 8 nitrogen and oxygen atoms in total. The van der Waals surface area contributed by atoms with Crippen LogP contribution in [0.25, 0.3) is 11.3 Å². The normalized spacial score (nSPS) is 13.5. The van der Waals surface area contributed by atoms with Gasteiger partial charge in [-0.1, -0.05) is 42.5 Å². The molecule has 42 heavy (non-hydrogen) atoms. The Morgan fingerprint density at radius 2 is 1.76 bits per heavy atom. The number of pyridine rings is 1. The second kappa shape index (κ2) is 13.0. The van der Waals surface area contributed by atoms with Crippen molar-refractivity contribution in [3.8, 4) is 11.3 Å². The number of carbonyl (C=O) groups is 1. The van der Waals surface area contributed by atoms with Crippen LogP contribution in [0.3, 0.4) is 0 Å². The van der Waals surface area contributed by atoms with E-state index in [0.717, 1.165) is 24.8 Å². The minimum atomic E-state index is -0.573. The second-order valence-corrected chi connectivity index (χ2v) is 10.4. The molecule has 1 fully saturated rings. The van der Waals surface area contributed by atoms with Crippen molar-refractivity contribution >= 4 is 29.1 Å². The predicted molar refractivity (Wildman–Crippen MR) is 160 cm³/mol. The number of ether oxygens (including phenoxy) is 1. The minimum Gasteiger partial charge on any atom is -0.445 e. The lowest BCUT2D eigenvalue weighted by molar-refractivity contribution is 0.140. The van der Waals surface area contributed by atoms with Gasteiger partial charge in [-0.2, -0.15) is 0 Å². The van der Waals surface area contributed by atoms with Gasteiger partial charge >= 0.3 is 6.09 Å². The topological polar surface area (TPSA) is 92.3 Å². The number of benzene rings is 2. The second-order valence-electron chi connectivity index (χ2n) is 9.99. The SMILES string of the molecule is CN(c1ccc(-c2ccc(F)c(C(=S)NCCNC(=O)OCc3ccccc3)c2)nn1)C1(c2ncccc2F)CCC1. The summed E-state index contributed by atoms with van der Waals surface area (Å²) < 4.78 is 34.5. The number of aromatic nitrogens is 3. The summed E-state index contributed by atoms with van der Waals surface area (Å²) in [5.41, 5.74) is 2.09. The molecule has 2 aromatic heterocycles. The smallest absolute Gasteiger partial charge is 0.407 e. The fourth-order valence-electron chi connectivity index (χ4n) is 4.92. The highest BCUT2D eigenvalue weighted by atomic mass is 32.1. The summed E-state index contributed by atoms with van der Waals surface area (Å²) in [6.45, 7) is 0.683. The van der Waals surface area contributed by atoms with Crippen molar-refractivity contribution in [1.29, 1.82) is 0 Å². The number of rotatable bonds is 10. The number of anilines is 1. The molecule has 0 unspecified atom stereocenters. The summed E-state index contributed by atoms with van der Waals surface area (Å²) in [7, 11) is 1.87. The highest BCUT2D eigenvalue weighted by Crippen LogP contribution is 2.47. The summed E-state index contributed by atoms with van der Waals surface area (Å²) in [4.78, 5) is 18.4. The number of alkyl carbamates (subject to hydrolysis) is 1. The molecule has 0 bridgehead atoms. The molecule has 4 aromatic rings. The van der Waals surface area contributed by atoms with Gasteiger partial charge < -0.3 is 20.3 Å². The number of carbonyl (C=O) groups excluding carboxylic acids is 1. The van der Waals surface area contributed by atoms with Crippen molar-refractivity contribution < 1.29 is 18.3 Å². The van der Waals surface area contributed by atoms with E-state index in [2.05, 4.69) is 25.8 Å². The van der Waals surface area contributed by atoms with Crippen LogP contribution in [0.2, 0.25) is 0 Å². The molecule has 2 aromatic carbocycles. The molecule has 11 heteroatoms. The van der Waals surface area contributed by atoms with Crippen molar-refractivity contribution in [1.82, 2.24) is 25.8 Å². The lowest BCUT2D eigenvalue weighted by Gasteiger charge is -2.48. The molecular formula is C31H30F2N6O2S. The van der Waals surface area contributed by atoms with Crippen LogP contribution in [0.15, 0.2) is 79.0 Å². The van der Waals surface area contributed by atoms with Crippen LogP contribution < -0.4 is 15.5 Å². The zero-order chi connectivity index (χ0) is 29.5. The van der Waals surface area contributed by atoms with E-state index in [1.54, 1.807) is 30.5 Å². The molecule has 0 saturated heterocycles. The molecule has 0 radical (unpaired) electrons. The van der Waals surface area contributed by atoms with Crippen LogP contribution in [0.5, 0.6) is 0 Å². The number of halogens is 2. The first-order valence-electron chi connectivity index (χ1n) is 13.6. The Kier molecular flexibility index (Phi) is 8.97. The molecule has 5 rings (SSSR count). The molecule has 0 aliphatic heterocycles. The Morgan fingerprint density at radius 1 is 0.976 bits per heavy atom. The quantitative estimate of drug-likeness (QED) is 0.185. The molecule has 1 amide bonds. The number of nitrogens with one attached hydrogen (secondary N) is 2. The van der Waals surface area contributed by atoms with Gasteiger partial charge in [0.25, 0.3) is 0 Å². The van der Waals surface area contributed by atoms with Crippen LogP contribution in [0.1, 0.15) is 36.1 Å². The van der Waals surface area contributed by atoms with Crippen molar-refractivity contribution in [3.63, 3.8) is 0 Å². The average molecular weight is 589 g/mol. The number of hydrogen-bond acceptors (Lipinski definition) is 7. The van der Waals surface area contributed by atoms with E-state index in [0.29, 0.717) is 22.8 Å². The Morgan fingerprint density at radius 3 is 2.45 bits per heavy atom. The largest absolute Gasteiger partial charge is 0.445 e. The minimum absolute atomic E-state index is 0.167. The third kappa shape index (κ3) is 6.36. The molecule has 2 N–H and O–H groups in total. The average Bonchev–Trinajstić information content (AvgIpc) is 2.99. The van der Waals surface area contributed by atoms with Gasteiger partial charge in [0.1, 0.15) is 28.9 Å². The zero-order valence-corrected chi connectivity index (χ0v) is 23.8. The van der Waals surface area contributed by atoms with E-state index in [4.69, 9.17) is 17.0 Å². The van der Waals surface area contributed by atoms with Gasteiger partial charge in [0.05, 0.1) is 11.2 Å². The van der Waals surface area contributed by atoms with Crippen molar-refractivity contribution in [2.45, 2.75) is 31.4 Å². The van der Waals surface area contributed by atoms with E-state index in [9.17, 15) is 13.6 Å². The van der Waals surface area contributed by atoms with Crippen molar-refractivity contribution in [3.05, 3.63) is 107 Å². The van der Waals surface area contributed by atoms with Gasteiger partial charge in [-0.15, -0.1) is 10.2 Å². The van der Waals surface area contributed by atoms with Gasteiger partial charge in [0.2, 0.25) is 0 Å². The van der Waals surface area contributed by atoms with E-state index in [1.807, 2.05) is 48.3 Å². The number of hydrogen-bond donors (Lipinski definition) is 2. The molecule has 2 heterocycles. The van der Waals surface area contributed by atoms with Crippen molar-refractivity contribution in [2.75, 3.05) is 25.0 Å². The summed E-state index contributed by atoms with van der Waals surface area (Å²) >= 11 is 5.41. The highest BCUT2D eigenvalue weighted by Gasteiger charge is 2.46. The van der Waals surface area contributed by atoms with Crippen LogP contribution in [-0.4, -0.2) is 46.4 Å². The molecule has 1 saturated carbocycles. The summed E-state index contributed by atoms with van der Waals surface area (Å²) in [6, 6.07) is 20.5. The number of nitrogens with zero attached hydrogens (tertiary/aromatic N) is 4. The fraction of sp³-hybridized carbons (Fsp3) is 0.258. The first kappa shape index (κ1) is 29.0. The number of thiocarbonyl (C=S) groups is 1. The van der Waals surface area contributed by atoms with E-state index in [1.165, 1.54) is 12.1 Å². The lowest BCUT2D eigenvalue weighted by atomic mass is 9.72. The lowest BCUT2D eigenvalue weighted by Crippen LogP contribution is -2.51. The molecule has 1 aliphatic rings. The maximum atomic E-state index is 14.7. The van der Waals surface area contributed by atoms with E-state index in [-0.39, 0.29) is 36.1 Å². The zero-order valence-electron chi connectivity index (χ0n) is 23.0. The Balaban J connectivity index is 1.18. The van der Waals surface area contributed by atoms with Crippen molar-refractivity contribution in [2.24, 2.45) is 0 Å². The van der Waals surface area contributed by atoms with Crippen LogP contribution in [0, 0.1) is 11.6 Å². The fourth-order valence-corrected chi connectivity index (χ4v) is 5.18. The first-order chi connectivity index (χ1) is 20.4.